The quantitative estimate of drug-likeness (QED) is 0.562. The zero-order valence-electron chi connectivity index (χ0n) is 8.65. The zero-order chi connectivity index (χ0) is 11.7. The Bertz CT molecular complexity index is 198. The number of hydrogen-bond acceptors (Lipinski definition) is 4. The number of carbonyl (C=O) groups is 4. The topological polar surface area (TPSA) is 109 Å². The van der Waals surface area contributed by atoms with E-state index in [9.17, 15) is 19.2 Å². The smallest absolute Gasteiger partial charge is 0.310 e. The number of carbonyl (C=O) groups excluding carboxylic acids is 2. The summed E-state index contributed by atoms with van der Waals surface area (Å²) in [5.41, 5.74) is 0. The van der Waals surface area contributed by atoms with Crippen LogP contribution >= 0.6 is 0 Å². The minimum Gasteiger partial charge on any atom is -0.481 e. The third kappa shape index (κ3) is 31.9. The molecule has 0 radical (unpaired) electrons. The molecule has 0 aromatic rings. The number of hydrogen-bond donors (Lipinski definition) is 2. The monoisotopic (exact) mass is 318 g/mol. The van der Waals surface area contributed by atoms with Gasteiger partial charge in [-0.2, -0.15) is 0 Å². The van der Waals surface area contributed by atoms with Gasteiger partial charge in [-0.05, 0) is 13.8 Å². The number of Topliss-reactive ketones (excluding diaryl/α,β-unsaturated/α-hetero) is 2. The molecule has 0 saturated carbocycles. The minimum atomic E-state index is -1.06. The summed E-state index contributed by atoms with van der Waals surface area (Å²) in [6.45, 7) is 2.49. The van der Waals surface area contributed by atoms with Crippen molar-refractivity contribution < 1.29 is 56.7 Å². The molecule has 0 amide bonds. The summed E-state index contributed by atoms with van der Waals surface area (Å²) in [4.78, 5) is 38.9. The Hall–Kier alpha value is -0.798. The van der Waals surface area contributed by atoms with E-state index >= 15 is 0 Å². The summed E-state index contributed by atoms with van der Waals surface area (Å²) in [5.74, 6) is -2.75. The average molecular weight is 317 g/mol. The molecule has 0 aromatic heterocycles. The molecule has 2 N–H and O–H groups in total. The van der Waals surface area contributed by atoms with Gasteiger partial charge in [0, 0.05) is 27.3 Å². The molecule has 0 saturated heterocycles. The van der Waals surface area contributed by atoms with Crippen LogP contribution in [-0.4, -0.2) is 33.7 Å². The van der Waals surface area contributed by atoms with Crippen LogP contribution in [0.2, 0.25) is 0 Å². The fourth-order valence-electron chi connectivity index (χ4n) is 0.426. The molecule has 0 aliphatic carbocycles. The normalized spacial score (nSPS) is 7.60. The van der Waals surface area contributed by atoms with Crippen LogP contribution in [0.25, 0.3) is 0 Å². The maximum atomic E-state index is 9.87. The van der Waals surface area contributed by atoms with Crippen molar-refractivity contribution in [2.24, 2.45) is 0 Å². The molecule has 0 unspecified atom stereocenters. The van der Waals surface area contributed by atoms with Gasteiger partial charge in [-0.25, -0.2) is 0 Å². The molecule has 7 heteroatoms. The first kappa shape index (κ1) is 19.7. The van der Waals surface area contributed by atoms with Crippen molar-refractivity contribution >= 4 is 23.5 Å². The summed E-state index contributed by atoms with van der Waals surface area (Å²) >= 11 is 0. The van der Waals surface area contributed by atoms with Crippen molar-refractivity contribution in [2.75, 3.05) is 0 Å². The Balaban J connectivity index is -0.000000180. The van der Waals surface area contributed by atoms with E-state index in [4.69, 9.17) is 10.2 Å². The number of ketones is 2. The molecule has 0 fully saturated rings. The van der Waals surface area contributed by atoms with Crippen LogP contribution in [0.1, 0.15) is 26.7 Å². The molecule has 0 rings (SSSR count). The van der Waals surface area contributed by atoms with E-state index in [0.717, 1.165) is 0 Å². The van der Waals surface area contributed by atoms with Gasteiger partial charge in [0.25, 0.3) is 0 Å². The second-order valence-corrected chi connectivity index (χ2v) is 2.55. The van der Waals surface area contributed by atoms with Crippen molar-refractivity contribution in [3.63, 3.8) is 0 Å². The average Bonchev–Trinajstić information content (AvgIpc) is 1.79. The van der Waals surface area contributed by atoms with Crippen molar-refractivity contribution in [2.45, 2.75) is 26.7 Å². The first-order valence-corrected chi connectivity index (χ1v) is 3.68. The largest absolute Gasteiger partial charge is 0.481 e. The van der Waals surface area contributed by atoms with E-state index < -0.39 is 11.9 Å². The second kappa shape index (κ2) is 11.3. The molecule has 0 heterocycles. The Kier molecular flexibility index (Phi) is 14.8. The SMILES string of the molecule is CC(=O)CC(=O)O.CC(=O)CC(=O)O.[Cd]. The van der Waals surface area contributed by atoms with Crippen LogP contribution in [0.15, 0.2) is 0 Å². The number of rotatable bonds is 4. The first-order valence-electron chi connectivity index (χ1n) is 3.68. The molecule has 0 aliphatic heterocycles. The van der Waals surface area contributed by atoms with Gasteiger partial charge in [0.1, 0.15) is 24.4 Å². The van der Waals surface area contributed by atoms with Crippen LogP contribution in [0.4, 0.5) is 0 Å². The molecule has 0 aliphatic rings. The maximum absolute atomic E-state index is 9.87. The van der Waals surface area contributed by atoms with Gasteiger partial charge in [0.05, 0.1) is 0 Å². The molecule has 0 spiro atoms. The van der Waals surface area contributed by atoms with E-state index in [1.54, 1.807) is 0 Å². The minimum absolute atomic E-state index is 0. The molecule has 0 atom stereocenters. The third-order valence-corrected chi connectivity index (χ3v) is 0.800. The van der Waals surface area contributed by atoms with Crippen molar-refractivity contribution in [1.29, 1.82) is 0 Å². The van der Waals surface area contributed by atoms with Gasteiger partial charge in [0.15, 0.2) is 0 Å². The number of carboxylic acids is 2. The molecule has 15 heavy (non-hydrogen) atoms. The van der Waals surface area contributed by atoms with E-state index in [-0.39, 0.29) is 51.7 Å². The van der Waals surface area contributed by atoms with Gasteiger partial charge in [-0.3, -0.25) is 19.2 Å². The summed E-state index contributed by atoms with van der Waals surface area (Å²) in [6.07, 6.45) is -0.722. The van der Waals surface area contributed by atoms with Gasteiger partial charge in [0.2, 0.25) is 0 Å². The number of aliphatic carboxylic acids is 2. The summed E-state index contributed by atoms with van der Waals surface area (Å²) in [6, 6.07) is 0. The number of carboxylic acid groups (broad SMARTS) is 2. The maximum Gasteiger partial charge on any atom is 0.310 e. The van der Waals surface area contributed by atoms with Crippen LogP contribution < -0.4 is 0 Å². The van der Waals surface area contributed by atoms with Crippen molar-refractivity contribution in [1.82, 2.24) is 0 Å². The standard InChI is InChI=1S/2C4H6O3.Cd/c2*1-3(5)2-4(6)7;/h2*2H2,1H3,(H,6,7);. The summed E-state index contributed by atoms with van der Waals surface area (Å²) < 4.78 is 0. The van der Waals surface area contributed by atoms with Gasteiger partial charge >= 0.3 is 11.9 Å². The molecule has 82 valence electrons. The van der Waals surface area contributed by atoms with E-state index in [0.29, 0.717) is 0 Å². The van der Waals surface area contributed by atoms with Crippen LogP contribution in [-0.2, 0) is 46.5 Å². The van der Waals surface area contributed by atoms with E-state index in [2.05, 4.69) is 0 Å². The Labute approximate surface area is 107 Å². The molecule has 0 aromatic carbocycles. The molecule has 6 nitrogen and oxygen atoms in total. The Morgan fingerprint density at radius 1 is 0.800 bits per heavy atom. The summed E-state index contributed by atoms with van der Waals surface area (Å²) in [5, 5.41) is 15.7. The predicted molar refractivity (Wildman–Crippen MR) is 45.9 cm³/mol. The second-order valence-electron chi connectivity index (χ2n) is 2.55. The van der Waals surface area contributed by atoms with Crippen molar-refractivity contribution in [3.8, 4) is 0 Å². The molecular formula is C8H12CdO6. The fourth-order valence-corrected chi connectivity index (χ4v) is 0.426. The zero-order valence-corrected chi connectivity index (χ0v) is 12.7. The molecule has 0 bridgehead atoms. The van der Waals surface area contributed by atoms with Crippen LogP contribution in [0.5, 0.6) is 0 Å². The van der Waals surface area contributed by atoms with Gasteiger partial charge < -0.3 is 10.2 Å². The predicted octanol–water partition coefficient (Wildman–Crippen LogP) is 0.0977. The Morgan fingerprint density at radius 2 is 1.00 bits per heavy atom. The van der Waals surface area contributed by atoms with E-state index in [1.165, 1.54) is 13.8 Å². The summed E-state index contributed by atoms with van der Waals surface area (Å²) in [7, 11) is 0. The van der Waals surface area contributed by atoms with Crippen molar-refractivity contribution in [3.05, 3.63) is 0 Å². The van der Waals surface area contributed by atoms with Gasteiger partial charge in [-0.15, -0.1) is 0 Å². The van der Waals surface area contributed by atoms with Gasteiger partial charge in [-0.1, -0.05) is 0 Å². The fraction of sp³-hybridized carbons (Fsp3) is 0.500. The van der Waals surface area contributed by atoms with Crippen LogP contribution in [0.3, 0.4) is 0 Å². The van der Waals surface area contributed by atoms with Crippen LogP contribution in [0, 0.1) is 0 Å². The Morgan fingerprint density at radius 3 is 1.00 bits per heavy atom. The molecular weight excluding hydrogens is 304 g/mol. The van der Waals surface area contributed by atoms with E-state index in [1.807, 2.05) is 0 Å². The first-order chi connectivity index (χ1) is 6.25. The third-order valence-electron chi connectivity index (χ3n) is 0.800.